The summed E-state index contributed by atoms with van der Waals surface area (Å²) >= 11 is 2.89. The number of aromatic nitrogens is 4. The monoisotopic (exact) mass is 825 g/mol. The van der Waals surface area contributed by atoms with E-state index in [1.807, 2.05) is 12.1 Å². The van der Waals surface area contributed by atoms with Crippen molar-refractivity contribution < 1.29 is 42.6 Å². The number of benzene rings is 1. The molecule has 1 unspecified atom stereocenters. The first kappa shape index (κ1) is 42.9. The predicted octanol–water partition coefficient (Wildman–Crippen LogP) is 8.05. The molecule has 5 atom stereocenters. The third-order valence-electron chi connectivity index (χ3n) is 10.6. The second-order valence-corrected chi connectivity index (χ2v) is 21.3. The third kappa shape index (κ3) is 10.1. The highest BCUT2D eigenvalue weighted by molar-refractivity contribution is 8.02. The Balaban J connectivity index is 1.37. The molecule has 2 aromatic heterocycles. The number of hydrogen-bond donors (Lipinski definition) is 1. The second kappa shape index (κ2) is 15.8. The van der Waals surface area contributed by atoms with Crippen LogP contribution in [0.3, 0.4) is 0 Å². The molecule has 1 aromatic carbocycles. The lowest BCUT2D eigenvalue weighted by Gasteiger charge is -2.64. The van der Waals surface area contributed by atoms with Gasteiger partial charge in [-0.2, -0.15) is 5.10 Å². The standard InChI is InChI=1S/C40H56BN5O9S2/c1-36(2,3)51-32(47)30-25(21-46-20-23(19-44-46)18-42-33(48)52-37(4,5)6)14-13-24(31(30)50-35(49)53-38(7,8)9)15-29(57-34-45-43-22-56-34)41-54-28-17-26-16-27(39(26,10)11)40(28,12)55-41/h13-14,19-20,22,26-29H,15-18,21H2,1-12H3,(H,42,48)/t26-,27-,28?,29+,40-/m1/s1. The minimum Gasteiger partial charge on any atom is -0.456 e. The normalized spacial score (nSPS) is 23.2. The quantitative estimate of drug-likeness (QED) is 0.0651. The lowest BCUT2D eigenvalue weighted by molar-refractivity contribution is -0.199. The molecule has 1 aliphatic heterocycles. The van der Waals surface area contributed by atoms with E-state index in [-0.39, 0.29) is 47.5 Å². The van der Waals surface area contributed by atoms with Crippen molar-refractivity contribution >= 4 is 48.4 Å². The average molecular weight is 826 g/mol. The SMILES string of the molecule is CC(C)(C)OC(=O)NCc1cnn(Cc2ccc(C[C@H](Sc3nncs3)B3OC4C[C@H]5C[C@H](C5(C)C)[C@@]4(C)O3)c(OC(=O)OC(C)(C)C)c2C(=O)OC(C)(C)C)c1. The van der Waals surface area contributed by atoms with Crippen LogP contribution in [0.1, 0.15) is 123 Å². The van der Waals surface area contributed by atoms with Gasteiger partial charge in [0.15, 0.2) is 10.1 Å². The van der Waals surface area contributed by atoms with Crippen LogP contribution in [0.2, 0.25) is 0 Å². The van der Waals surface area contributed by atoms with E-state index in [1.54, 1.807) is 84.9 Å². The number of amides is 1. The van der Waals surface area contributed by atoms with Crippen molar-refractivity contribution in [3.8, 4) is 5.75 Å². The lowest BCUT2D eigenvalue weighted by Crippen LogP contribution is -2.65. The van der Waals surface area contributed by atoms with Crippen LogP contribution in [0.4, 0.5) is 9.59 Å². The molecule has 3 heterocycles. The van der Waals surface area contributed by atoms with E-state index in [0.717, 1.165) is 17.2 Å². The second-order valence-electron chi connectivity index (χ2n) is 19.0. The fraction of sp³-hybridized carbons (Fsp3) is 0.650. The van der Waals surface area contributed by atoms with Crippen molar-refractivity contribution in [2.45, 2.75) is 153 Å². The number of alkyl carbamates (subject to hydrolysis) is 1. The van der Waals surface area contributed by atoms with Crippen LogP contribution in [0.25, 0.3) is 0 Å². The highest BCUT2D eigenvalue weighted by atomic mass is 32.2. The molecule has 1 N–H and O–H groups in total. The van der Waals surface area contributed by atoms with Crippen LogP contribution >= 0.6 is 23.1 Å². The maximum absolute atomic E-state index is 14.3. The van der Waals surface area contributed by atoms with Gasteiger partial charge < -0.3 is 33.6 Å². The summed E-state index contributed by atoms with van der Waals surface area (Å²) in [5.41, 5.74) is 0.795. The Kier molecular flexibility index (Phi) is 11.9. The Bertz CT molecular complexity index is 1950. The molecular formula is C40H56BN5O9S2. The van der Waals surface area contributed by atoms with Gasteiger partial charge in [0.1, 0.15) is 27.9 Å². The Morgan fingerprint density at radius 3 is 2.32 bits per heavy atom. The molecule has 17 heteroatoms. The van der Waals surface area contributed by atoms with E-state index in [1.165, 1.54) is 23.1 Å². The molecule has 310 valence electrons. The molecule has 1 amide bonds. The molecule has 4 fully saturated rings. The fourth-order valence-electron chi connectivity index (χ4n) is 8.04. The number of nitrogens with zero attached hydrogens (tertiary/aromatic N) is 4. The fourth-order valence-corrected chi connectivity index (χ4v) is 9.89. The van der Waals surface area contributed by atoms with Crippen LogP contribution in [-0.4, -0.2) is 79.0 Å². The molecule has 7 rings (SSSR count). The van der Waals surface area contributed by atoms with E-state index in [4.69, 9.17) is 28.3 Å². The molecule has 14 nitrogen and oxygen atoms in total. The van der Waals surface area contributed by atoms with Crippen molar-refractivity contribution in [2.24, 2.45) is 17.3 Å². The maximum atomic E-state index is 14.3. The summed E-state index contributed by atoms with van der Waals surface area (Å²) in [7, 11) is -0.625. The van der Waals surface area contributed by atoms with Gasteiger partial charge in [-0.05, 0) is 117 Å². The molecule has 3 aliphatic carbocycles. The first-order valence-corrected chi connectivity index (χ1v) is 21.2. The molecule has 3 aromatic rings. The van der Waals surface area contributed by atoms with Crippen molar-refractivity contribution in [3.63, 3.8) is 0 Å². The van der Waals surface area contributed by atoms with E-state index in [9.17, 15) is 14.4 Å². The van der Waals surface area contributed by atoms with Gasteiger partial charge in [0.2, 0.25) is 0 Å². The molecule has 2 bridgehead atoms. The summed E-state index contributed by atoms with van der Waals surface area (Å²) in [6.45, 7) is 23.0. The van der Waals surface area contributed by atoms with Crippen LogP contribution in [0.15, 0.2) is 34.4 Å². The number of carbonyl (C=O) groups excluding carboxylic acids is 3. The molecular weight excluding hydrogens is 769 g/mol. The van der Waals surface area contributed by atoms with Crippen LogP contribution < -0.4 is 10.1 Å². The smallest absolute Gasteiger partial charge is 0.456 e. The van der Waals surface area contributed by atoms with Crippen molar-refractivity contribution in [3.05, 3.63) is 52.3 Å². The summed E-state index contributed by atoms with van der Waals surface area (Å²) < 4.78 is 39.1. The third-order valence-corrected chi connectivity index (χ3v) is 12.7. The molecule has 4 aliphatic rings. The van der Waals surface area contributed by atoms with Crippen LogP contribution in [0.5, 0.6) is 5.75 Å². The van der Waals surface area contributed by atoms with Crippen molar-refractivity contribution in [1.29, 1.82) is 0 Å². The summed E-state index contributed by atoms with van der Waals surface area (Å²) in [6, 6.07) is 3.66. The Morgan fingerprint density at radius 2 is 1.68 bits per heavy atom. The van der Waals surface area contributed by atoms with Crippen LogP contribution in [-0.2, 0) is 43.0 Å². The zero-order valence-electron chi connectivity index (χ0n) is 35.1. The number of carbonyl (C=O) groups is 3. The largest absolute Gasteiger partial charge is 0.514 e. The van der Waals surface area contributed by atoms with Crippen LogP contribution in [0, 0.1) is 17.3 Å². The minimum atomic E-state index is -0.970. The van der Waals surface area contributed by atoms with Gasteiger partial charge in [-0.25, -0.2) is 14.4 Å². The first-order valence-electron chi connectivity index (χ1n) is 19.4. The summed E-state index contributed by atoms with van der Waals surface area (Å²) in [4.78, 5) is 40.1. The van der Waals surface area contributed by atoms with Gasteiger partial charge in [-0.1, -0.05) is 49.1 Å². The highest BCUT2D eigenvalue weighted by Gasteiger charge is 2.68. The predicted molar refractivity (Wildman–Crippen MR) is 216 cm³/mol. The van der Waals surface area contributed by atoms with E-state index < -0.39 is 47.7 Å². The van der Waals surface area contributed by atoms with E-state index in [0.29, 0.717) is 28.5 Å². The number of esters is 1. The van der Waals surface area contributed by atoms with Crippen molar-refractivity contribution in [1.82, 2.24) is 25.3 Å². The molecule has 57 heavy (non-hydrogen) atoms. The minimum absolute atomic E-state index is 0.0165. The van der Waals surface area contributed by atoms with Gasteiger partial charge in [-0.15, -0.1) is 10.2 Å². The summed E-state index contributed by atoms with van der Waals surface area (Å²) in [6.07, 6.45) is 4.10. The van der Waals surface area contributed by atoms with Gasteiger partial charge in [0, 0.05) is 18.3 Å². The van der Waals surface area contributed by atoms with Gasteiger partial charge in [-0.3, -0.25) is 4.68 Å². The topological polar surface area (TPSA) is 162 Å². The maximum Gasteiger partial charge on any atom is 0.514 e. The van der Waals surface area contributed by atoms with Gasteiger partial charge in [0.25, 0.3) is 0 Å². The lowest BCUT2D eigenvalue weighted by atomic mass is 9.43. The number of thioether (sulfide) groups is 1. The zero-order chi connectivity index (χ0) is 41.7. The average Bonchev–Trinajstić information content (AvgIpc) is 3.82. The summed E-state index contributed by atoms with van der Waals surface area (Å²) in [5, 5.41) is 15.3. The first-order chi connectivity index (χ1) is 26.4. The molecule has 0 spiro atoms. The molecule has 0 radical (unpaired) electrons. The highest BCUT2D eigenvalue weighted by Crippen LogP contribution is 2.66. The van der Waals surface area contributed by atoms with Gasteiger partial charge in [0.05, 0.1) is 29.6 Å². The van der Waals surface area contributed by atoms with Gasteiger partial charge >= 0.3 is 25.3 Å². The Morgan fingerprint density at radius 1 is 1.00 bits per heavy atom. The van der Waals surface area contributed by atoms with Crippen molar-refractivity contribution in [2.75, 3.05) is 0 Å². The molecule has 3 saturated carbocycles. The Hall–Kier alpha value is -3.67. The number of rotatable bonds is 11. The van der Waals surface area contributed by atoms with E-state index in [2.05, 4.69) is 41.4 Å². The number of nitrogens with one attached hydrogen (secondary N) is 1. The number of hydrogen-bond acceptors (Lipinski definition) is 14. The number of ether oxygens (including phenoxy) is 4. The Labute approximate surface area is 343 Å². The summed E-state index contributed by atoms with van der Waals surface area (Å²) in [5.74, 6) is 0.259. The van der Waals surface area contributed by atoms with E-state index >= 15 is 0 Å². The molecule has 1 saturated heterocycles. The zero-order valence-corrected chi connectivity index (χ0v) is 36.7.